The standard InChI is InChI=1S/C21H18F5N9.H2S/c1-27-19(6-7-19)15-10-12(3-8-28-15)29-16-31-17(30-13-2-5-20(22,23)11-13)33-18(32-16)35-9-4-14(34-35)21(24,25)26;/h3-4,8-10,13H,2,5-7,11H2,(H2,28,29,30,31,32,33);1H2/t13-;/m0./s1. The number of aromatic nitrogens is 6. The summed E-state index contributed by atoms with van der Waals surface area (Å²) in [6.07, 6.45) is -1.21. The first-order valence-corrected chi connectivity index (χ1v) is 10.7. The van der Waals surface area contributed by atoms with Gasteiger partial charge in [0.15, 0.2) is 5.69 Å². The van der Waals surface area contributed by atoms with Crippen LogP contribution >= 0.6 is 13.5 Å². The Morgan fingerprint density at radius 1 is 1.08 bits per heavy atom. The normalized spacial score (nSPS) is 19.7. The summed E-state index contributed by atoms with van der Waals surface area (Å²) in [5.41, 5.74) is -0.701. The second kappa shape index (κ2) is 9.16. The topological polar surface area (TPSA) is 97.8 Å². The predicted octanol–water partition coefficient (Wildman–Crippen LogP) is 4.84. The van der Waals surface area contributed by atoms with Gasteiger partial charge in [0.2, 0.25) is 17.8 Å². The minimum absolute atomic E-state index is 0. The zero-order valence-electron chi connectivity index (χ0n) is 18.5. The maximum absolute atomic E-state index is 13.6. The Bertz CT molecular complexity index is 1300. The van der Waals surface area contributed by atoms with E-state index in [9.17, 15) is 22.0 Å². The summed E-state index contributed by atoms with van der Waals surface area (Å²) in [4.78, 5) is 20.4. The number of halogens is 5. The summed E-state index contributed by atoms with van der Waals surface area (Å²) in [5.74, 6) is -3.18. The lowest BCUT2D eigenvalue weighted by Crippen LogP contribution is -2.21. The Balaban J connectivity index is 0.00000304. The van der Waals surface area contributed by atoms with Crippen molar-refractivity contribution >= 4 is 31.1 Å². The van der Waals surface area contributed by atoms with Gasteiger partial charge in [-0.3, -0.25) is 4.98 Å². The Kier molecular flexibility index (Phi) is 6.50. The van der Waals surface area contributed by atoms with E-state index in [1.165, 1.54) is 6.20 Å². The van der Waals surface area contributed by atoms with E-state index < -0.39 is 35.8 Å². The first-order chi connectivity index (χ1) is 16.6. The molecule has 0 unspecified atom stereocenters. The second-order valence-electron chi connectivity index (χ2n) is 8.56. The SMILES string of the molecule is S.[C-]#[N+]C1(c2cc(Nc3nc(N[C@H]4CCC(F)(F)C4)nc(-n4ccc(C(F)(F)F)n4)n3)ccn2)CC1. The molecule has 190 valence electrons. The monoisotopic (exact) mass is 525 g/mol. The van der Waals surface area contributed by atoms with Crippen LogP contribution in [-0.2, 0) is 11.7 Å². The molecular weight excluding hydrogens is 505 g/mol. The lowest BCUT2D eigenvalue weighted by Gasteiger charge is -2.15. The Morgan fingerprint density at radius 2 is 1.83 bits per heavy atom. The largest absolute Gasteiger partial charge is 0.435 e. The number of hydrogen-bond donors (Lipinski definition) is 2. The van der Waals surface area contributed by atoms with E-state index >= 15 is 0 Å². The maximum atomic E-state index is 13.6. The van der Waals surface area contributed by atoms with E-state index in [0.717, 1.165) is 16.9 Å². The summed E-state index contributed by atoms with van der Waals surface area (Å²) in [7, 11) is 0. The number of rotatable bonds is 6. The number of nitrogens with zero attached hydrogens (tertiary/aromatic N) is 7. The third kappa shape index (κ3) is 5.32. The van der Waals surface area contributed by atoms with Crippen molar-refractivity contribution in [3.63, 3.8) is 0 Å². The summed E-state index contributed by atoms with van der Waals surface area (Å²) in [6.45, 7) is 7.41. The summed E-state index contributed by atoms with van der Waals surface area (Å²) in [5, 5.41) is 9.25. The molecule has 0 amide bonds. The van der Waals surface area contributed by atoms with E-state index in [-0.39, 0.29) is 44.2 Å². The molecule has 3 aromatic rings. The highest BCUT2D eigenvalue weighted by Gasteiger charge is 2.54. The molecule has 3 aromatic heterocycles. The molecule has 0 spiro atoms. The van der Waals surface area contributed by atoms with Gasteiger partial charge in [0.05, 0.1) is 0 Å². The zero-order chi connectivity index (χ0) is 24.8. The molecule has 3 heterocycles. The van der Waals surface area contributed by atoms with Crippen molar-refractivity contribution in [1.29, 1.82) is 0 Å². The van der Waals surface area contributed by atoms with Crippen molar-refractivity contribution < 1.29 is 22.0 Å². The summed E-state index contributed by atoms with van der Waals surface area (Å²) < 4.78 is 67.2. The molecule has 5 rings (SSSR count). The quantitative estimate of drug-likeness (QED) is 0.351. The predicted molar refractivity (Wildman–Crippen MR) is 124 cm³/mol. The molecule has 0 aliphatic heterocycles. The van der Waals surface area contributed by atoms with E-state index in [0.29, 0.717) is 24.2 Å². The Labute approximate surface area is 208 Å². The Hall–Kier alpha value is -3.54. The number of nitrogens with one attached hydrogen (secondary N) is 2. The molecule has 2 fully saturated rings. The molecule has 0 bridgehead atoms. The van der Waals surface area contributed by atoms with Crippen LogP contribution in [0.4, 0.5) is 39.5 Å². The summed E-state index contributed by atoms with van der Waals surface area (Å²) >= 11 is 0. The van der Waals surface area contributed by atoms with Crippen molar-refractivity contribution in [2.45, 2.75) is 55.8 Å². The van der Waals surface area contributed by atoms with E-state index in [4.69, 9.17) is 6.57 Å². The minimum Gasteiger partial charge on any atom is -0.351 e. The molecule has 2 aliphatic carbocycles. The van der Waals surface area contributed by atoms with Crippen molar-refractivity contribution in [3.05, 3.63) is 53.4 Å². The fourth-order valence-corrected chi connectivity index (χ4v) is 3.87. The first-order valence-electron chi connectivity index (χ1n) is 10.7. The van der Waals surface area contributed by atoms with Crippen LogP contribution < -0.4 is 10.6 Å². The van der Waals surface area contributed by atoms with Gasteiger partial charge in [0.1, 0.15) is 5.69 Å². The van der Waals surface area contributed by atoms with Crippen LogP contribution in [0.3, 0.4) is 0 Å². The highest BCUT2D eigenvalue weighted by Crippen LogP contribution is 2.49. The van der Waals surface area contributed by atoms with Gasteiger partial charge in [-0.25, -0.2) is 20.0 Å². The first kappa shape index (κ1) is 25.5. The Morgan fingerprint density at radius 3 is 2.44 bits per heavy atom. The van der Waals surface area contributed by atoms with Crippen molar-refractivity contribution in [3.8, 4) is 5.95 Å². The van der Waals surface area contributed by atoms with Crippen molar-refractivity contribution in [1.82, 2.24) is 29.7 Å². The fourth-order valence-electron chi connectivity index (χ4n) is 3.87. The molecule has 2 aliphatic rings. The van der Waals surface area contributed by atoms with E-state index in [2.05, 4.69) is 40.5 Å². The van der Waals surface area contributed by atoms with Gasteiger partial charge < -0.3 is 15.5 Å². The number of hydrogen-bond acceptors (Lipinski definition) is 7. The fraction of sp³-hybridized carbons (Fsp3) is 0.429. The van der Waals surface area contributed by atoms with Gasteiger partial charge in [0.25, 0.3) is 11.5 Å². The van der Waals surface area contributed by atoms with Crippen LogP contribution in [0.2, 0.25) is 0 Å². The molecule has 15 heteroatoms. The molecule has 0 radical (unpaired) electrons. The van der Waals surface area contributed by atoms with Gasteiger partial charge in [0, 0.05) is 49.8 Å². The molecular formula is C21H20F5N9S. The average molecular weight is 526 g/mol. The highest BCUT2D eigenvalue weighted by atomic mass is 32.1. The lowest BCUT2D eigenvalue weighted by molar-refractivity contribution is -0.141. The van der Waals surface area contributed by atoms with E-state index in [1.807, 2.05) is 0 Å². The minimum atomic E-state index is -4.66. The molecule has 9 nitrogen and oxygen atoms in total. The average Bonchev–Trinajstić information content (AvgIpc) is 3.28. The van der Waals surface area contributed by atoms with Crippen LogP contribution in [-0.4, -0.2) is 41.7 Å². The van der Waals surface area contributed by atoms with Gasteiger partial charge in [-0.15, -0.1) is 0 Å². The highest BCUT2D eigenvalue weighted by molar-refractivity contribution is 7.59. The van der Waals surface area contributed by atoms with Gasteiger partial charge in [-0.05, 0) is 24.6 Å². The molecule has 2 N–H and O–H groups in total. The van der Waals surface area contributed by atoms with Crippen LogP contribution in [0.5, 0.6) is 0 Å². The van der Waals surface area contributed by atoms with E-state index in [1.54, 1.807) is 12.1 Å². The zero-order valence-corrected chi connectivity index (χ0v) is 19.5. The molecule has 0 saturated heterocycles. The lowest BCUT2D eigenvalue weighted by atomic mass is 10.1. The van der Waals surface area contributed by atoms with Gasteiger partial charge in [-0.1, -0.05) is 0 Å². The smallest absolute Gasteiger partial charge is 0.351 e. The molecule has 36 heavy (non-hydrogen) atoms. The number of pyridine rings is 1. The third-order valence-corrected chi connectivity index (χ3v) is 5.88. The van der Waals surface area contributed by atoms with Crippen molar-refractivity contribution in [2.75, 3.05) is 10.6 Å². The van der Waals surface area contributed by atoms with Gasteiger partial charge in [-0.2, -0.15) is 46.7 Å². The van der Waals surface area contributed by atoms with Gasteiger partial charge >= 0.3 is 6.18 Å². The van der Waals surface area contributed by atoms with Crippen molar-refractivity contribution in [2.24, 2.45) is 0 Å². The van der Waals surface area contributed by atoms with Crippen LogP contribution in [0.15, 0.2) is 30.6 Å². The van der Waals surface area contributed by atoms with Crippen LogP contribution in [0.1, 0.15) is 43.5 Å². The maximum Gasteiger partial charge on any atom is 0.435 e. The number of anilines is 3. The van der Waals surface area contributed by atoms with Crippen LogP contribution in [0, 0.1) is 6.57 Å². The second-order valence-corrected chi connectivity index (χ2v) is 8.56. The molecule has 2 saturated carbocycles. The van der Waals surface area contributed by atoms with Crippen LogP contribution in [0.25, 0.3) is 10.8 Å². The molecule has 1 atom stereocenters. The third-order valence-electron chi connectivity index (χ3n) is 5.88. The number of alkyl halides is 5. The molecule has 0 aromatic carbocycles. The summed E-state index contributed by atoms with van der Waals surface area (Å²) in [6, 6.07) is 3.45.